The third-order valence-electron chi connectivity index (χ3n) is 8.52. The molecule has 1 heterocycles. The molecule has 1 aliphatic heterocycles. The maximum absolute atomic E-state index is 12.3. The largest absolute Gasteiger partial charge is 0.506 e. The summed E-state index contributed by atoms with van der Waals surface area (Å²) in [5, 5.41) is 65.5. The van der Waals surface area contributed by atoms with Gasteiger partial charge in [0.05, 0.1) is 22.1 Å². The normalized spacial score (nSPS) is 30.8. The first-order valence-electron chi connectivity index (χ1n) is 14.0. The fourth-order valence-corrected chi connectivity index (χ4v) is 6.43. The Balaban J connectivity index is 1.75. The number of benzene rings is 2. The van der Waals surface area contributed by atoms with Gasteiger partial charge in [0.2, 0.25) is 6.29 Å². The Morgan fingerprint density at radius 2 is 1.80 bits per heavy atom. The molecule has 2 aromatic rings. The van der Waals surface area contributed by atoms with E-state index < -0.39 is 53.8 Å². The van der Waals surface area contributed by atoms with Crippen LogP contribution in [0.1, 0.15) is 91.5 Å². The quantitative estimate of drug-likeness (QED) is 0.197. The topological polar surface area (TPSA) is 174 Å². The van der Waals surface area contributed by atoms with Gasteiger partial charge in [-0.1, -0.05) is 45.1 Å². The van der Waals surface area contributed by atoms with E-state index in [0.29, 0.717) is 24.8 Å². The molecule has 220 valence electrons. The molecule has 0 aromatic heterocycles. The number of carbonyl (C=O) groups is 2. The molecule has 0 amide bonds. The number of phenolic OH excluding ortho intramolecular Hbond substituents is 1. The molecule has 7 unspecified atom stereocenters. The van der Waals surface area contributed by atoms with E-state index in [1.165, 1.54) is 13.0 Å². The van der Waals surface area contributed by atoms with E-state index in [2.05, 4.69) is 6.92 Å². The van der Waals surface area contributed by atoms with Crippen molar-refractivity contribution < 1.29 is 49.7 Å². The van der Waals surface area contributed by atoms with Gasteiger partial charge in [-0.25, -0.2) is 4.79 Å². The zero-order valence-corrected chi connectivity index (χ0v) is 23.2. The van der Waals surface area contributed by atoms with Gasteiger partial charge in [-0.2, -0.15) is 0 Å². The van der Waals surface area contributed by atoms with Gasteiger partial charge in [0.25, 0.3) is 0 Å². The molecule has 2 fully saturated rings. The average molecular weight is 561 g/mol. The van der Waals surface area contributed by atoms with Gasteiger partial charge >= 0.3 is 5.97 Å². The van der Waals surface area contributed by atoms with Crippen molar-refractivity contribution >= 4 is 22.5 Å². The number of aliphatic hydroxyl groups excluding tert-OH is 3. The van der Waals surface area contributed by atoms with Crippen molar-refractivity contribution in [3.8, 4) is 11.5 Å². The van der Waals surface area contributed by atoms with E-state index in [4.69, 9.17) is 9.47 Å². The molecular formula is C30H40O10. The molecule has 0 spiro atoms. The number of ketones is 1. The second-order valence-electron chi connectivity index (χ2n) is 11.3. The van der Waals surface area contributed by atoms with Crippen molar-refractivity contribution in [3.63, 3.8) is 0 Å². The Labute approximate surface area is 233 Å². The number of ether oxygens (including phenoxy) is 2. The third-order valence-corrected chi connectivity index (χ3v) is 8.52. The van der Waals surface area contributed by atoms with Crippen molar-refractivity contribution in [2.75, 3.05) is 0 Å². The number of unbranched alkanes of at least 4 members (excludes halogenated alkanes) is 2. The predicted octanol–water partition coefficient (Wildman–Crippen LogP) is 3.44. The lowest BCUT2D eigenvalue weighted by Gasteiger charge is -2.51. The Kier molecular flexibility index (Phi) is 9.06. The van der Waals surface area contributed by atoms with E-state index in [9.17, 15) is 40.2 Å². The van der Waals surface area contributed by atoms with Crippen LogP contribution in [-0.2, 0) is 4.74 Å². The number of aromatic carboxylic acids is 1. The summed E-state index contributed by atoms with van der Waals surface area (Å²) < 4.78 is 12.0. The van der Waals surface area contributed by atoms with Crippen LogP contribution in [0, 0.1) is 12.8 Å². The van der Waals surface area contributed by atoms with E-state index in [1.807, 2.05) is 0 Å². The first-order chi connectivity index (χ1) is 18.9. The standard InChI is InChI=1S/C30H40O10/c1-4-5-6-9-19-10-7-8-11-30(19,38)27-25(34)24(33)26(35)29(40-27)39-20-14-18(28(36)37)13-17-12-15(2)21(16(3)31)23(32)22(17)20/h12-14,19,24-27,29,32-35,38H,4-11H2,1-3H3,(H,36,37). The number of carboxylic acid groups (broad SMARTS) is 1. The number of phenols is 1. The minimum absolute atomic E-state index is 0.0302. The second-order valence-corrected chi connectivity index (χ2v) is 11.3. The molecule has 2 aromatic carbocycles. The predicted molar refractivity (Wildman–Crippen MR) is 146 cm³/mol. The molecule has 4 rings (SSSR count). The molecule has 1 saturated carbocycles. The number of fused-ring (bicyclic) bond motifs is 1. The molecule has 6 N–H and O–H groups in total. The molecular weight excluding hydrogens is 520 g/mol. The molecule has 0 bridgehead atoms. The number of aryl methyl sites for hydroxylation is 1. The Morgan fingerprint density at radius 3 is 2.45 bits per heavy atom. The Morgan fingerprint density at radius 1 is 1.07 bits per heavy atom. The highest BCUT2D eigenvalue weighted by atomic mass is 16.7. The van der Waals surface area contributed by atoms with Crippen molar-refractivity contribution in [2.45, 2.75) is 108 Å². The third kappa shape index (κ3) is 5.56. The van der Waals surface area contributed by atoms with Gasteiger partial charge in [-0.3, -0.25) is 4.79 Å². The van der Waals surface area contributed by atoms with Gasteiger partial charge in [0.1, 0.15) is 35.9 Å². The van der Waals surface area contributed by atoms with E-state index in [1.54, 1.807) is 13.0 Å². The summed E-state index contributed by atoms with van der Waals surface area (Å²) in [6.45, 7) is 4.99. The number of aromatic hydroxyl groups is 1. The highest BCUT2D eigenvalue weighted by molar-refractivity contribution is 6.08. The van der Waals surface area contributed by atoms with Gasteiger partial charge in [0.15, 0.2) is 5.78 Å². The SMILES string of the molecule is CCCCCC1CCCCC1(O)C1OC(Oc2cc(C(=O)O)cc3cc(C)c(C(C)=O)c(O)c23)C(O)C(O)C1O. The summed E-state index contributed by atoms with van der Waals surface area (Å²) in [6, 6.07) is 4.01. The first kappa shape index (κ1) is 30.2. The first-order valence-corrected chi connectivity index (χ1v) is 14.0. The van der Waals surface area contributed by atoms with E-state index in [0.717, 1.165) is 38.2 Å². The highest BCUT2D eigenvalue weighted by Crippen LogP contribution is 2.45. The Hall–Kier alpha value is -2.76. The summed E-state index contributed by atoms with van der Waals surface area (Å²) in [6.07, 6.45) is -1.73. The van der Waals surface area contributed by atoms with Crippen LogP contribution in [0.4, 0.5) is 0 Å². The lowest BCUT2D eigenvalue weighted by Crippen LogP contribution is -2.67. The molecule has 7 atom stereocenters. The summed E-state index contributed by atoms with van der Waals surface area (Å²) in [4.78, 5) is 24.1. The van der Waals surface area contributed by atoms with Crippen LogP contribution in [0.3, 0.4) is 0 Å². The summed E-state index contributed by atoms with van der Waals surface area (Å²) in [5.41, 5.74) is -1.20. The van der Waals surface area contributed by atoms with Crippen LogP contribution < -0.4 is 4.74 Å². The smallest absolute Gasteiger partial charge is 0.335 e. The lowest BCUT2D eigenvalue weighted by molar-refractivity contribution is -0.315. The molecule has 1 aliphatic carbocycles. The van der Waals surface area contributed by atoms with Crippen molar-refractivity contribution in [2.24, 2.45) is 5.92 Å². The minimum Gasteiger partial charge on any atom is -0.506 e. The molecule has 40 heavy (non-hydrogen) atoms. The monoisotopic (exact) mass is 560 g/mol. The number of Topliss-reactive ketones (excluding diaryl/α,β-unsaturated/α-hetero) is 1. The van der Waals surface area contributed by atoms with Crippen molar-refractivity contribution in [3.05, 3.63) is 34.9 Å². The number of hydrogen-bond acceptors (Lipinski definition) is 9. The van der Waals surface area contributed by atoms with Crippen LogP contribution in [0.2, 0.25) is 0 Å². The molecule has 1 saturated heterocycles. The van der Waals surface area contributed by atoms with Crippen molar-refractivity contribution in [1.82, 2.24) is 0 Å². The maximum atomic E-state index is 12.3. The van der Waals surface area contributed by atoms with Crippen molar-refractivity contribution in [1.29, 1.82) is 0 Å². The molecule has 0 radical (unpaired) electrons. The number of carboxylic acids is 1. The zero-order chi connectivity index (χ0) is 29.4. The highest BCUT2D eigenvalue weighted by Gasteiger charge is 2.56. The zero-order valence-electron chi connectivity index (χ0n) is 23.2. The summed E-state index contributed by atoms with van der Waals surface area (Å²) in [5.74, 6) is -2.50. The number of hydrogen-bond donors (Lipinski definition) is 6. The molecule has 10 heteroatoms. The number of rotatable bonds is 9. The van der Waals surface area contributed by atoms with E-state index >= 15 is 0 Å². The molecule has 2 aliphatic rings. The average Bonchev–Trinajstić information content (AvgIpc) is 2.89. The lowest BCUT2D eigenvalue weighted by atomic mass is 9.68. The van der Waals surface area contributed by atoms with Gasteiger partial charge < -0.3 is 40.1 Å². The van der Waals surface area contributed by atoms with E-state index in [-0.39, 0.29) is 33.6 Å². The fraction of sp³-hybridized carbons (Fsp3) is 0.600. The van der Waals surface area contributed by atoms with Crippen LogP contribution in [0.25, 0.3) is 10.8 Å². The van der Waals surface area contributed by atoms with Crippen LogP contribution in [-0.4, -0.2) is 78.7 Å². The van der Waals surface area contributed by atoms with Crippen LogP contribution >= 0.6 is 0 Å². The Bertz CT molecular complexity index is 1260. The fourth-order valence-electron chi connectivity index (χ4n) is 6.43. The number of aliphatic hydroxyl groups is 4. The van der Waals surface area contributed by atoms with Gasteiger partial charge in [-0.15, -0.1) is 0 Å². The number of carbonyl (C=O) groups excluding carboxylic acids is 1. The minimum atomic E-state index is -1.76. The van der Waals surface area contributed by atoms with Gasteiger partial charge in [-0.05, 0) is 62.1 Å². The summed E-state index contributed by atoms with van der Waals surface area (Å²) >= 11 is 0. The second kappa shape index (κ2) is 12.0. The summed E-state index contributed by atoms with van der Waals surface area (Å²) in [7, 11) is 0. The maximum Gasteiger partial charge on any atom is 0.335 e. The van der Waals surface area contributed by atoms with Crippen LogP contribution in [0.15, 0.2) is 18.2 Å². The molecule has 10 nitrogen and oxygen atoms in total. The van der Waals surface area contributed by atoms with Crippen LogP contribution in [0.5, 0.6) is 11.5 Å². The van der Waals surface area contributed by atoms with Gasteiger partial charge in [0, 0.05) is 0 Å².